The van der Waals surface area contributed by atoms with Crippen molar-refractivity contribution in [3.05, 3.63) is 23.8 Å². The third-order valence-corrected chi connectivity index (χ3v) is 2.14. The number of ether oxygens (including phenoxy) is 2. The van der Waals surface area contributed by atoms with Crippen LogP contribution in [0.2, 0.25) is 0 Å². The van der Waals surface area contributed by atoms with Gasteiger partial charge >= 0.3 is 5.97 Å². The highest BCUT2D eigenvalue weighted by atomic mass is 16.5. The second-order valence-corrected chi connectivity index (χ2v) is 3.36. The SMILES string of the molecule is CCOC(=O)CC(=O)c1ccc(N)cc1OC. The van der Waals surface area contributed by atoms with Gasteiger partial charge < -0.3 is 15.2 Å². The lowest BCUT2D eigenvalue weighted by Crippen LogP contribution is -2.12. The van der Waals surface area contributed by atoms with Gasteiger partial charge in [0.1, 0.15) is 12.2 Å². The summed E-state index contributed by atoms with van der Waals surface area (Å²) in [7, 11) is 1.44. The number of esters is 1. The van der Waals surface area contributed by atoms with E-state index >= 15 is 0 Å². The maximum Gasteiger partial charge on any atom is 0.313 e. The highest BCUT2D eigenvalue weighted by molar-refractivity contribution is 6.07. The molecule has 2 N–H and O–H groups in total. The van der Waals surface area contributed by atoms with E-state index in [1.807, 2.05) is 0 Å². The molecule has 0 fully saturated rings. The second-order valence-electron chi connectivity index (χ2n) is 3.36. The molecule has 0 saturated carbocycles. The molecule has 1 aromatic rings. The highest BCUT2D eigenvalue weighted by Crippen LogP contribution is 2.22. The van der Waals surface area contributed by atoms with Gasteiger partial charge in [-0.2, -0.15) is 0 Å². The summed E-state index contributed by atoms with van der Waals surface area (Å²) in [4.78, 5) is 23.0. The average Bonchev–Trinajstić information content (AvgIpc) is 2.28. The number of hydrogen-bond acceptors (Lipinski definition) is 5. The fourth-order valence-corrected chi connectivity index (χ4v) is 1.38. The van der Waals surface area contributed by atoms with Crippen molar-refractivity contribution in [3.8, 4) is 5.75 Å². The number of ketones is 1. The second kappa shape index (κ2) is 5.89. The van der Waals surface area contributed by atoms with Crippen LogP contribution in [0.4, 0.5) is 5.69 Å². The highest BCUT2D eigenvalue weighted by Gasteiger charge is 2.16. The number of anilines is 1. The summed E-state index contributed by atoms with van der Waals surface area (Å²) in [5.74, 6) is -0.532. The zero-order chi connectivity index (χ0) is 12.8. The third-order valence-electron chi connectivity index (χ3n) is 2.14. The van der Waals surface area contributed by atoms with Crippen LogP contribution in [0.1, 0.15) is 23.7 Å². The van der Waals surface area contributed by atoms with Crippen molar-refractivity contribution >= 4 is 17.4 Å². The van der Waals surface area contributed by atoms with Crippen LogP contribution in [0.5, 0.6) is 5.75 Å². The number of methoxy groups -OCH3 is 1. The minimum absolute atomic E-state index is 0.255. The first kappa shape index (κ1) is 13.0. The molecule has 0 unspecified atom stereocenters. The molecule has 0 aliphatic rings. The Morgan fingerprint density at radius 3 is 2.65 bits per heavy atom. The Kier molecular flexibility index (Phi) is 4.51. The first-order chi connectivity index (χ1) is 8.08. The number of rotatable bonds is 5. The van der Waals surface area contributed by atoms with Gasteiger partial charge in [-0.15, -0.1) is 0 Å². The largest absolute Gasteiger partial charge is 0.496 e. The van der Waals surface area contributed by atoms with E-state index in [1.165, 1.54) is 13.2 Å². The molecule has 0 amide bonds. The summed E-state index contributed by atoms with van der Waals surface area (Å²) >= 11 is 0. The van der Waals surface area contributed by atoms with Crippen LogP contribution in [-0.2, 0) is 9.53 Å². The molecule has 0 atom stereocenters. The normalized spacial score (nSPS) is 9.76. The summed E-state index contributed by atoms with van der Waals surface area (Å²) in [6, 6.07) is 4.66. The molecule has 0 spiro atoms. The van der Waals surface area contributed by atoms with Crippen LogP contribution in [-0.4, -0.2) is 25.5 Å². The van der Waals surface area contributed by atoms with Crippen LogP contribution < -0.4 is 10.5 Å². The molecular weight excluding hydrogens is 222 g/mol. The number of benzene rings is 1. The first-order valence-electron chi connectivity index (χ1n) is 5.20. The first-order valence-corrected chi connectivity index (χ1v) is 5.20. The molecule has 0 aromatic heterocycles. The molecule has 1 rings (SSSR count). The van der Waals surface area contributed by atoms with Gasteiger partial charge in [-0.25, -0.2) is 0 Å². The van der Waals surface area contributed by atoms with Gasteiger partial charge in [0.2, 0.25) is 0 Å². The molecule has 0 saturated heterocycles. The molecule has 1 aromatic carbocycles. The summed E-state index contributed by atoms with van der Waals surface area (Å²) in [6.45, 7) is 1.94. The minimum Gasteiger partial charge on any atom is -0.496 e. The topological polar surface area (TPSA) is 78.6 Å². The smallest absolute Gasteiger partial charge is 0.313 e. The lowest BCUT2D eigenvalue weighted by Gasteiger charge is -2.08. The van der Waals surface area contributed by atoms with E-state index in [0.29, 0.717) is 17.0 Å². The van der Waals surface area contributed by atoms with Crippen LogP contribution in [0, 0.1) is 0 Å². The van der Waals surface area contributed by atoms with Crippen LogP contribution in [0.15, 0.2) is 18.2 Å². The van der Waals surface area contributed by atoms with Crippen LogP contribution >= 0.6 is 0 Å². The summed E-state index contributed by atoms with van der Waals surface area (Å²) in [5.41, 5.74) is 6.39. The quantitative estimate of drug-likeness (QED) is 0.362. The number of nitrogen functional groups attached to an aromatic ring is 1. The van der Waals surface area contributed by atoms with Gasteiger partial charge in [-0.1, -0.05) is 0 Å². The van der Waals surface area contributed by atoms with Crippen molar-refractivity contribution in [2.45, 2.75) is 13.3 Å². The van der Waals surface area contributed by atoms with E-state index < -0.39 is 5.97 Å². The van der Waals surface area contributed by atoms with Crippen molar-refractivity contribution in [1.29, 1.82) is 0 Å². The Labute approximate surface area is 99.5 Å². The fraction of sp³-hybridized carbons (Fsp3) is 0.333. The van der Waals surface area contributed by atoms with E-state index in [1.54, 1.807) is 19.1 Å². The Hall–Kier alpha value is -2.04. The molecule has 0 aliphatic carbocycles. The number of hydrogen-bond donors (Lipinski definition) is 1. The number of Topliss-reactive ketones (excluding diaryl/α,β-unsaturated/α-hetero) is 1. The molecular formula is C12H15NO4. The number of carbonyl (C=O) groups excluding carboxylic acids is 2. The maximum absolute atomic E-state index is 11.8. The molecule has 0 radical (unpaired) electrons. The van der Waals surface area contributed by atoms with E-state index in [9.17, 15) is 9.59 Å². The van der Waals surface area contributed by atoms with Gasteiger partial charge in [0.05, 0.1) is 19.3 Å². The summed E-state index contributed by atoms with van der Waals surface area (Å²) in [6.07, 6.45) is -0.298. The minimum atomic E-state index is -0.545. The molecule has 5 heteroatoms. The van der Waals surface area contributed by atoms with Gasteiger partial charge in [-0.05, 0) is 19.1 Å². The van der Waals surface area contributed by atoms with Crippen molar-refractivity contribution < 1.29 is 19.1 Å². The Morgan fingerprint density at radius 2 is 2.06 bits per heavy atom. The lowest BCUT2D eigenvalue weighted by atomic mass is 10.1. The summed E-state index contributed by atoms with van der Waals surface area (Å²) in [5, 5.41) is 0. The molecule has 0 heterocycles. The van der Waals surface area contributed by atoms with Crippen molar-refractivity contribution in [2.75, 3.05) is 19.5 Å². The third kappa shape index (κ3) is 3.48. The van der Waals surface area contributed by atoms with Crippen molar-refractivity contribution in [1.82, 2.24) is 0 Å². The Morgan fingerprint density at radius 1 is 1.35 bits per heavy atom. The Balaban J connectivity index is 2.85. The standard InChI is InChI=1S/C12H15NO4/c1-3-17-12(15)7-10(14)9-5-4-8(13)6-11(9)16-2/h4-6H,3,7,13H2,1-2H3. The van der Waals surface area contributed by atoms with Gasteiger partial charge in [0, 0.05) is 11.8 Å². The average molecular weight is 237 g/mol. The van der Waals surface area contributed by atoms with Gasteiger partial charge in [-0.3, -0.25) is 9.59 Å². The fourth-order valence-electron chi connectivity index (χ4n) is 1.38. The molecule has 0 aliphatic heterocycles. The predicted octanol–water partition coefficient (Wildman–Crippen LogP) is 1.41. The zero-order valence-electron chi connectivity index (χ0n) is 9.86. The van der Waals surface area contributed by atoms with Crippen molar-refractivity contribution in [2.24, 2.45) is 0 Å². The predicted molar refractivity (Wildman–Crippen MR) is 63.0 cm³/mol. The molecule has 17 heavy (non-hydrogen) atoms. The number of nitrogens with two attached hydrogens (primary N) is 1. The van der Waals surface area contributed by atoms with Gasteiger partial charge in [0.15, 0.2) is 5.78 Å². The zero-order valence-corrected chi connectivity index (χ0v) is 9.86. The maximum atomic E-state index is 11.8. The van der Waals surface area contributed by atoms with E-state index in [2.05, 4.69) is 0 Å². The van der Waals surface area contributed by atoms with Crippen LogP contribution in [0.25, 0.3) is 0 Å². The number of carbonyl (C=O) groups is 2. The monoisotopic (exact) mass is 237 g/mol. The molecule has 92 valence electrons. The molecule has 5 nitrogen and oxygen atoms in total. The van der Waals surface area contributed by atoms with Gasteiger partial charge in [0.25, 0.3) is 0 Å². The molecule has 0 bridgehead atoms. The Bertz CT molecular complexity index is 429. The van der Waals surface area contributed by atoms with E-state index in [0.717, 1.165) is 0 Å². The van der Waals surface area contributed by atoms with Crippen molar-refractivity contribution in [3.63, 3.8) is 0 Å². The lowest BCUT2D eigenvalue weighted by molar-refractivity contribution is -0.141. The van der Waals surface area contributed by atoms with E-state index in [4.69, 9.17) is 15.2 Å². The van der Waals surface area contributed by atoms with E-state index in [-0.39, 0.29) is 18.8 Å². The van der Waals surface area contributed by atoms with Crippen LogP contribution in [0.3, 0.4) is 0 Å². The summed E-state index contributed by atoms with van der Waals surface area (Å²) < 4.78 is 9.74.